The SMILES string of the molecule is CCCCCCOC1C[C@@H]2CC[C@@H](C)[C@@](O)(O2)C(=O)C(=O)N2CCCC[C@H]2C(=O)O[C@H]([C@H](C)C[C@@H]2CC[C@@H](O)[C@H](OC)C2)CC(=O)[C@H](C)/C=C(\C)[C@@H](O)[C@@H](OC)C(=O)[C@H](C)C[C@H](C)/C=C/C=C/C=C/1C. The fourth-order valence-electron chi connectivity index (χ4n) is 10.8. The van der Waals surface area contributed by atoms with E-state index in [9.17, 15) is 39.3 Å². The molecule has 0 aromatic carbocycles. The van der Waals surface area contributed by atoms with Gasteiger partial charge in [-0.25, -0.2) is 4.79 Å². The summed E-state index contributed by atoms with van der Waals surface area (Å²) in [6, 6.07) is -1.14. The first-order chi connectivity index (χ1) is 33.2. The molecule has 15 atom stereocenters. The first kappa shape index (κ1) is 59.2. The number of ketones is 3. The summed E-state index contributed by atoms with van der Waals surface area (Å²) in [7, 11) is 2.96. The summed E-state index contributed by atoms with van der Waals surface area (Å²) in [4.78, 5) is 72.4. The molecular weight excluding hydrogens is 895 g/mol. The number of Topliss-reactive ketones (excluding diaryl/α,β-unsaturated/α-hetero) is 3. The minimum atomic E-state index is -2.43. The van der Waals surface area contributed by atoms with Gasteiger partial charge in [0.2, 0.25) is 5.79 Å². The molecule has 3 heterocycles. The van der Waals surface area contributed by atoms with E-state index in [0.29, 0.717) is 70.0 Å². The van der Waals surface area contributed by atoms with E-state index in [1.54, 1.807) is 34.0 Å². The van der Waals surface area contributed by atoms with Crippen LogP contribution in [0.2, 0.25) is 0 Å². The van der Waals surface area contributed by atoms with Crippen molar-refractivity contribution in [2.24, 2.45) is 35.5 Å². The van der Waals surface area contributed by atoms with E-state index >= 15 is 0 Å². The second-order valence-corrected chi connectivity index (χ2v) is 21.3. The van der Waals surface area contributed by atoms with Crippen molar-refractivity contribution in [3.05, 3.63) is 47.6 Å². The normalized spacial score (nSPS) is 38.4. The molecule has 3 N–H and O–H groups in total. The highest BCUT2D eigenvalue weighted by Gasteiger charge is 2.53. The molecule has 4 aliphatic rings. The number of piperidine rings is 1. The second-order valence-electron chi connectivity index (χ2n) is 21.3. The van der Waals surface area contributed by atoms with Crippen LogP contribution in [0.25, 0.3) is 0 Å². The Morgan fingerprint density at radius 2 is 1.60 bits per heavy atom. The first-order valence-corrected chi connectivity index (χ1v) is 26.5. The van der Waals surface area contributed by atoms with Crippen LogP contribution in [0, 0.1) is 35.5 Å². The number of cyclic esters (lactones) is 1. The summed E-state index contributed by atoms with van der Waals surface area (Å²) >= 11 is 0. The van der Waals surface area contributed by atoms with Gasteiger partial charge in [0.1, 0.15) is 30.1 Å². The number of aliphatic hydroxyl groups is 3. The van der Waals surface area contributed by atoms with Crippen molar-refractivity contribution >= 4 is 29.2 Å². The Morgan fingerprint density at radius 1 is 0.857 bits per heavy atom. The maximum absolute atomic E-state index is 14.5. The molecule has 4 rings (SSSR count). The van der Waals surface area contributed by atoms with E-state index in [0.717, 1.165) is 37.7 Å². The Hall–Kier alpha value is -3.37. The molecule has 396 valence electrons. The second kappa shape index (κ2) is 28.8. The summed E-state index contributed by atoms with van der Waals surface area (Å²) in [6.45, 7) is 15.5. The van der Waals surface area contributed by atoms with E-state index < -0.39 is 83.9 Å². The zero-order chi connectivity index (χ0) is 51.7. The van der Waals surface area contributed by atoms with Gasteiger partial charge in [0.25, 0.3) is 11.7 Å². The van der Waals surface area contributed by atoms with Crippen molar-refractivity contribution < 1.29 is 63.0 Å². The topological polar surface area (TPSA) is 195 Å². The van der Waals surface area contributed by atoms with Crippen molar-refractivity contribution in [1.82, 2.24) is 4.90 Å². The Balaban J connectivity index is 1.71. The van der Waals surface area contributed by atoms with Crippen LogP contribution < -0.4 is 0 Å². The smallest absolute Gasteiger partial charge is 0.329 e. The lowest BCUT2D eigenvalue weighted by molar-refractivity contribution is -0.266. The Labute approximate surface area is 419 Å². The number of nitrogens with zero attached hydrogens (tertiary/aromatic N) is 1. The zero-order valence-corrected chi connectivity index (χ0v) is 44.1. The number of methoxy groups -OCH3 is 2. The maximum Gasteiger partial charge on any atom is 0.329 e. The van der Waals surface area contributed by atoms with Crippen molar-refractivity contribution in [1.29, 1.82) is 0 Å². The Bertz CT molecular complexity index is 1840. The van der Waals surface area contributed by atoms with Gasteiger partial charge in [-0.3, -0.25) is 19.2 Å². The standard InChI is InChI=1S/C56H89NO13/c1-11-12-13-19-28-68-47-33-43-25-23-41(8)56(65,70-43)53(62)54(63)57-27-18-17-22-44(57)55(64)69-48(38(5)31-42-24-26-45(58)49(32-42)66-9)34-46(59)37(4)30-40(7)51(61)52(67-10)50(60)39(6)29-35(2)20-15-14-16-21-36(47)3/h14-16,20-21,30,35,37-39,41-45,47-49,51-52,58,61,65H,11-13,17-19,22-29,31-34H2,1-10H3/b16-14+,20-15+,36-21+,40-30+/t35-,37-,38-,39-,41-,42+,43+,44+,45-,47?,48+,49-,51-,52+,56-/m1/s1. The number of hydrogen-bond acceptors (Lipinski definition) is 13. The molecule has 1 aliphatic carbocycles. The minimum Gasteiger partial charge on any atom is -0.460 e. The van der Waals surface area contributed by atoms with Crippen LogP contribution in [-0.2, 0) is 47.7 Å². The summed E-state index contributed by atoms with van der Waals surface area (Å²) in [5.74, 6) is -7.94. The number of carbonyl (C=O) groups is 5. The van der Waals surface area contributed by atoms with Crippen LogP contribution in [-0.4, -0.2) is 131 Å². The lowest BCUT2D eigenvalue weighted by Gasteiger charge is -2.43. The van der Waals surface area contributed by atoms with Crippen molar-refractivity contribution in [3.63, 3.8) is 0 Å². The fourth-order valence-corrected chi connectivity index (χ4v) is 10.8. The summed E-state index contributed by atoms with van der Waals surface area (Å²) in [5.41, 5.74) is 1.31. The molecule has 14 nitrogen and oxygen atoms in total. The third kappa shape index (κ3) is 16.6. The molecule has 1 saturated carbocycles. The lowest BCUT2D eigenvalue weighted by Crippen LogP contribution is -2.61. The molecule has 14 heteroatoms. The molecule has 0 radical (unpaired) electrons. The lowest BCUT2D eigenvalue weighted by atomic mass is 9.78. The van der Waals surface area contributed by atoms with Crippen LogP contribution in [0.4, 0.5) is 0 Å². The molecule has 70 heavy (non-hydrogen) atoms. The predicted octanol–water partition coefficient (Wildman–Crippen LogP) is 8.13. The van der Waals surface area contributed by atoms with Gasteiger partial charge in [-0.05, 0) is 113 Å². The van der Waals surface area contributed by atoms with E-state index in [1.807, 2.05) is 58.1 Å². The zero-order valence-electron chi connectivity index (χ0n) is 44.1. The van der Waals surface area contributed by atoms with Crippen LogP contribution in [0.3, 0.4) is 0 Å². The average molecular weight is 984 g/mol. The van der Waals surface area contributed by atoms with Gasteiger partial charge in [0.15, 0.2) is 5.78 Å². The number of allylic oxidation sites excluding steroid dienone is 6. The third-order valence-electron chi connectivity index (χ3n) is 15.5. The first-order valence-electron chi connectivity index (χ1n) is 26.5. The molecule has 2 saturated heterocycles. The van der Waals surface area contributed by atoms with E-state index in [4.69, 9.17) is 23.7 Å². The van der Waals surface area contributed by atoms with Gasteiger partial charge in [-0.2, -0.15) is 0 Å². The number of aliphatic hydroxyl groups excluding tert-OH is 2. The third-order valence-corrected chi connectivity index (χ3v) is 15.5. The monoisotopic (exact) mass is 984 g/mol. The largest absolute Gasteiger partial charge is 0.460 e. The van der Waals surface area contributed by atoms with Gasteiger partial charge < -0.3 is 43.9 Å². The highest BCUT2D eigenvalue weighted by atomic mass is 16.6. The maximum atomic E-state index is 14.5. The fraction of sp³-hybridized carbons (Fsp3) is 0.768. The van der Waals surface area contributed by atoms with E-state index in [2.05, 4.69) is 6.92 Å². The van der Waals surface area contributed by atoms with Crippen LogP contribution in [0.15, 0.2) is 47.6 Å². The summed E-state index contributed by atoms with van der Waals surface area (Å²) in [6.07, 6.45) is 15.5. The average Bonchev–Trinajstić information content (AvgIpc) is 3.33. The minimum absolute atomic E-state index is 0.0170. The molecule has 3 aliphatic heterocycles. The number of amides is 1. The number of unbranched alkanes of at least 4 members (excludes halogenated alkanes) is 3. The number of fused-ring (bicyclic) bond motifs is 3. The molecule has 1 amide bonds. The van der Waals surface area contributed by atoms with Crippen LogP contribution in [0.1, 0.15) is 158 Å². The Kier molecular flexibility index (Phi) is 24.3. The summed E-state index contributed by atoms with van der Waals surface area (Å²) < 4.78 is 30.2. The number of carbonyl (C=O) groups excluding carboxylic acids is 5. The van der Waals surface area contributed by atoms with Gasteiger partial charge in [0.05, 0.1) is 24.4 Å². The highest BCUT2D eigenvalue weighted by Crippen LogP contribution is 2.38. The van der Waals surface area contributed by atoms with E-state index in [-0.39, 0.29) is 54.8 Å². The molecule has 0 aromatic heterocycles. The van der Waals surface area contributed by atoms with Crippen LogP contribution >= 0.6 is 0 Å². The summed E-state index contributed by atoms with van der Waals surface area (Å²) in [5, 5.41) is 34.1. The molecular formula is C56H89NO13. The quantitative estimate of drug-likeness (QED) is 0.0778. The number of hydrogen-bond donors (Lipinski definition) is 3. The molecule has 1 unspecified atom stereocenters. The number of ether oxygens (including phenoxy) is 5. The number of rotatable bonds is 11. The Morgan fingerprint density at radius 3 is 2.30 bits per heavy atom. The van der Waals surface area contributed by atoms with Gasteiger partial charge >= 0.3 is 5.97 Å². The molecule has 2 bridgehead atoms. The van der Waals surface area contributed by atoms with E-state index in [1.165, 1.54) is 12.0 Å². The highest BCUT2D eigenvalue weighted by molar-refractivity contribution is 6.39. The van der Waals surface area contributed by atoms with Crippen molar-refractivity contribution in [2.45, 2.75) is 213 Å². The van der Waals surface area contributed by atoms with Crippen molar-refractivity contribution in [2.75, 3.05) is 27.4 Å². The van der Waals surface area contributed by atoms with Crippen LogP contribution in [0.5, 0.6) is 0 Å². The van der Waals surface area contributed by atoms with Crippen molar-refractivity contribution in [3.8, 4) is 0 Å². The molecule has 3 fully saturated rings. The van der Waals surface area contributed by atoms with Gasteiger partial charge in [0, 0.05) is 58.0 Å². The van der Waals surface area contributed by atoms with Gasteiger partial charge in [-0.15, -0.1) is 0 Å². The molecule has 0 aromatic rings. The predicted molar refractivity (Wildman–Crippen MR) is 268 cm³/mol. The number of esters is 1. The molecule has 0 spiro atoms. The van der Waals surface area contributed by atoms with Gasteiger partial charge in [-0.1, -0.05) is 97.3 Å².